The average Bonchev–Trinajstić information content (AvgIpc) is 3.15. The fraction of sp³-hybridized carbons (Fsp3) is 0.500. The van der Waals surface area contributed by atoms with Crippen LogP contribution in [-0.2, 0) is 16.6 Å². The van der Waals surface area contributed by atoms with Crippen LogP contribution in [0.15, 0.2) is 41.5 Å². The highest BCUT2D eigenvalue weighted by atomic mass is 127. The van der Waals surface area contributed by atoms with Gasteiger partial charge < -0.3 is 15.2 Å². The van der Waals surface area contributed by atoms with E-state index in [1.165, 1.54) is 10.6 Å². The lowest BCUT2D eigenvalue weighted by molar-refractivity contribution is 0.425. The van der Waals surface area contributed by atoms with Crippen molar-refractivity contribution in [1.82, 2.24) is 24.5 Å². The second kappa shape index (κ2) is 12.9. The minimum absolute atomic E-state index is 0. The highest BCUT2D eigenvalue weighted by Crippen LogP contribution is 2.16. The summed E-state index contributed by atoms with van der Waals surface area (Å²) < 4.78 is 24.8. The Morgan fingerprint density at radius 3 is 2.53 bits per heavy atom. The SMILES string of the molecule is CCNC(=NCCCN(CC)S(C)(=O)=O)N(C)Cc1ncc(-c2ccccc2)[nH]1.I. The molecule has 2 rings (SSSR count). The summed E-state index contributed by atoms with van der Waals surface area (Å²) in [6.07, 6.45) is 3.75. The van der Waals surface area contributed by atoms with Gasteiger partial charge in [-0.25, -0.2) is 17.7 Å². The first-order chi connectivity index (χ1) is 13.8. The third-order valence-corrected chi connectivity index (χ3v) is 5.82. The molecule has 8 nitrogen and oxygen atoms in total. The van der Waals surface area contributed by atoms with E-state index in [0.717, 1.165) is 29.6 Å². The molecule has 0 radical (unpaired) electrons. The van der Waals surface area contributed by atoms with Crippen LogP contribution in [0.2, 0.25) is 0 Å². The second-order valence-corrected chi connectivity index (χ2v) is 8.79. The van der Waals surface area contributed by atoms with Gasteiger partial charge in [-0.15, -0.1) is 24.0 Å². The van der Waals surface area contributed by atoms with E-state index in [1.54, 1.807) is 0 Å². The van der Waals surface area contributed by atoms with Gasteiger partial charge in [0.2, 0.25) is 10.0 Å². The zero-order valence-electron chi connectivity index (χ0n) is 18.1. The lowest BCUT2D eigenvalue weighted by atomic mass is 10.2. The van der Waals surface area contributed by atoms with E-state index in [4.69, 9.17) is 0 Å². The summed E-state index contributed by atoms with van der Waals surface area (Å²) in [5.41, 5.74) is 2.08. The molecule has 30 heavy (non-hydrogen) atoms. The highest BCUT2D eigenvalue weighted by molar-refractivity contribution is 14.0. The number of H-pyrrole nitrogens is 1. The summed E-state index contributed by atoms with van der Waals surface area (Å²) in [6.45, 7) is 6.70. The number of aliphatic imine (C=N–C) groups is 1. The molecule has 168 valence electrons. The van der Waals surface area contributed by atoms with E-state index in [0.29, 0.717) is 32.6 Å². The first-order valence-corrected chi connectivity index (χ1v) is 11.7. The third kappa shape index (κ3) is 8.23. The molecule has 1 heterocycles. The number of hydrogen-bond acceptors (Lipinski definition) is 4. The Bertz CT molecular complexity index is 886. The van der Waals surface area contributed by atoms with Gasteiger partial charge in [0.15, 0.2) is 5.96 Å². The summed E-state index contributed by atoms with van der Waals surface area (Å²) >= 11 is 0. The van der Waals surface area contributed by atoms with Crippen molar-refractivity contribution < 1.29 is 8.42 Å². The van der Waals surface area contributed by atoms with Crippen LogP contribution in [0.4, 0.5) is 0 Å². The summed E-state index contributed by atoms with van der Waals surface area (Å²) in [7, 11) is -1.20. The largest absolute Gasteiger partial charge is 0.357 e. The number of sulfonamides is 1. The quantitative estimate of drug-likeness (QED) is 0.206. The predicted octanol–water partition coefficient (Wildman–Crippen LogP) is 2.76. The number of halogens is 1. The molecule has 2 aromatic rings. The fourth-order valence-electron chi connectivity index (χ4n) is 2.97. The van der Waals surface area contributed by atoms with Crippen LogP contribution >= 0.6 is 24.0 Å². The first-order valence-electron chi connectivity index (χ1n) is 9.89. The van der Waals surface area contributed by atoms with E-state index in [1.807, 2.05) is 62.3 Å². The Kier molecular flexibility index (Phi) is 11.3. The minimum atomic E-state index is -3.16. The molecule has 10 heteroatoms. The number of nitrogens with one attached hydrogen (secondary N) is 2. The topological polar surface area (TPSA) is 93.7 Å². The van der Waals surface area contributed by atoms with Crippen molar-refractivity contribution in [2.75, 3.05) is 39.5 Å². The number of rotatable bonds is 10. The van der Waals surface area contributed by atoms with Gasteiger partial charge in [-0.05, 0) is 18.9 Å². The van der Waals surface area contributed by atoms with Crippen LogP contribution in [0.5, 0.6) is 0 Å². The number of aromatic nitrogens is 2. The number of hydrogen-bond donors (Lipinski definition) is 2. The molecule has 0 aliphatic rings. The molecule has 1 aromatic carbocycles. The Hall–Kier alpha value is -1.66. The monoisotopic (exact) mass is 548 g/mol. The molecule has 0 bridgehead atoms. The van der Waals surface area contributed by atoms with Crippen LogP contribution in [0.25, 0.3) is 11.3 Å². The van der Waals surface area contributed by atoms with Crippen LogP contribution in [0, 0.1) is 0 Å². The van der Waals surface area contributed by atoms with Crippen molar-refractivity contribution in [1.29, 1.82) is 0 Å². The first kappa shape index (κ1) is 26.4. The second-order valence-electron chi connectivity index (χ2n) is 6.81. The van der Waals surface area contributed by atoms with E-state index < -0.39 is 10.0 Å². The maximum absolute atomic E-state index is 11.7. The van der Waals surface area contributed by atoms with Crippen molar-refractivity contribution in [3.63, 3.8) is 0 Å². The number of nitrogens with zero attached hydrogens (tertiary/aromatic N) is 4. The molecule has 0 saturated heterocycles. The smallest absolute Gasteiger partial charge is 0.211 e. The van der Waals surface area contributed by atoms with Gasteiger partial charge in [0, 0.05) is 33.2 Å². The maximum atomic E-state index is 11.7. The fourth-order valence-corrected chi connectivity index (χ4v) is 3.90. The van der Waals surface area contributed by atoms with Crippen LogP contribution < -0.4 is 5.32 Å². The average molecular weight is 548 g/mol. The summed E-state index contributed by atoms with van der Waals surface area (Å²) in [6, 6.07) is 10.1. The van der Waals surface area contributed by atoms with E-state index >= 15 is 0 Å². The zero-order valence-corrected chi connectivity index (χ0v) is 21.3. The van der Waals surface area contributed by atoms with E-state index in [-0.39, 0.29) is 24.0 Å². The van der Waals surface area contributed by atoms with E-state index in [9.17, 15) is 8.42 Å². The maximum Gasteiger partial charge on any atom is 0.211 e. The molecule has 0 spiro atoms. The molecule has 0 fully saturated rings. The van der Waals surface area contributed by atoms with Gasteiger partial charge in [0.05, 0.1) is 24.7 Å². The molecule has 1 aromatic heterocycles. The van der Waals surface area contributed by atoms with Gasteiger partial charge in [0.1, 0.15) is 5.82 Å². The van der Waals surface area contributed by atoms with Crippen LogP contribution in [0.3, 0.4) is 0 Å². The molecule has 0 atom stereocenters. The number of imidazole rings is 1. The lowest BCUT2D eigenvalue weighted by Crippen LogP contribution is -2.39. The molecule has 2 N–H and O–H groups in total. The summed E-state index contributed by atoms with van der Waals surface area (Å²) in [4.78, 5) is 14.5. The summed E-state index contributed by atoms with van der Waals surface area (Å²) in [5, 5.41) is 3.28. The standard InChI is InChI=1S/C20H32N6O2S.HI/c1-5-21-20(22-13-10-14-26(6-2)29(4,27)28)25(3)16-19-23-15-18(24-19)17-11-8-7-9-12-17;/h7-9,11-12,15H,5-6,10,13-14,16H2,1-4H3,(H,21,22)(H,23,24);1H. The Balaban J connectivity index is 0.00000450. The molecule has 0 amide bonds. The van der Waals surface area contributed by atoms with Gasteiger partial charge in [0.25, 0.3) is 0 Å². The molecule has 0 aliphatic carbocycles. The molecule has 0 saturated carbocycles. The van der Waals surface area contributed by atoms with Gasteiger partial charge in [-0.2, -0.15) is 0 Å². The van der Waals surface area contributed by atoms with Crippen molar-refractivity contribution in [3.8, 4) is 11.3 Å². The van der Waals surface area contributed by atoms with Crippen LogP contribution in [-0.4, -0.2) is 73.0 Å². The van der Waals surface area contributed by atoms with E-state index in [2.05, 4.69) is 20.3 Å². The van der Waals surface area contributed by atoms with Crippen molar-refractivity contribution >= 4 is 40.0 Å². The Morgan fingerprint density at radius 2 is 1.93 bits per heavy atom. The number of benzene rings is 1. The highest BCUT2D eigenvalue weighted by Gasteiger charge is 2.14. The molecular formula is C20H33IN6O2S. The number of guanidine groups is 1. The molecule has 0 unspecified atom stereocenters. The van der Waals surface area contributed by atoms with Crippen molar-refractivity contribution in [3.05, 3.63) is 42.4 Å². The van der Waals surface area contributed by atoms with Gasteiger partial charge in [-0.3, -0.25) is 4.99 Å². The molecule has 0 aliphatic heterocycles. The number of aromatic amines is 1. The lowest BCUT2D eigenvalue weighted by Gasteiger charge is -2.21. The Labute approximate surface area is 197 Å². The third-order valence-electron chi connectivity index (χ3n) is 4.45. The minimum Gasteiger partial charge on any atom is -0.357 e. The van der Waals surface area contributed by atoms with Crippen LogP contribution in [0.1, 0.15) is 26.1 Å². The van der Waals surface area contributed by atoms with Gasteiger partial charge >= 0.3 is 0 Å². The normalized spacial score (nSPS) is 12.0. The Morgan fingerprint density at radius 1 is 1.23 bits per heavy atom. The predicted molar refractivity (Wildman–Crippen MR) is 134 cm³/mol. The molecular weight excluding hydrogens is 515 g/mol. The van der Waals surface area contributed by atoms with Crippen molar-refractivity contribution in [2.24, 2.45) is 4.99 Å². The summed E-state index contributed by atoms with van der Waals surface area (Å²) in [5.74, 6) is 1.62. The van der Waals surface area contributed by atoms with Crippen molar-refractivity contribution in [2.45, 2.75) is 26.8 Å². The van der Waals surface area contributed by atoms with Gasteiger partial charge in [-0.1, -0.05) is 37.3 Å². The zero-order chi connectivity index (χ0) is 21.3.